The van der Waals surface area contributed by atoms with E-state index in [4.69, 9.17) is 15.5 Å². The van der Waals surface area contributed by atoms with Crippen molar-refractivity contribution in [1.29, 1.82) is 5.41 Å². The van der Waals surface area contributed by atoms with E-state index < -0.39 is 0 Å². The van der Waals surface area contributed by atoms with E-state index in [0.717, 1.165) is 61.6 Å². The smallest absolute Gasteiger partial charge is 0.148 e. The highest BCUT2D eigenvalue weighted by atomic mass is 32.1. The second kappa shape index (κ2) is 15.4. The highest BCUT2D eigenvalue weighted by Gasteiger charge is 2.22. The Kier molecular flexibility index (Phi) is 12.6. The summed E-state index contributed by atoms with van der Waals surface area (Å²) in [5.41, 5.74) is 2.04. The van der Waals surface area contributed by atoms with Crippen LogP contribution >= 0.6 is 11.3 Å². The minimum atomic E-state index is -0.201. The van der Waals surface area contributed by atoms with Crippen molar-refractivity contribution in [2.45, 2.75) is 46.1 Å². The SMILES string of the molecule is CCN[C@@H](CCC1C=CC=C(F)C=C1)CN(CC)C(=N)c1nc(C)sc1Cc1ccccc1.CO. The zero-order valence-electron chi connectivity index (χ0n) is 21.3. The van der Waals surface area contributed by atoms with Gasteiger partial charge in [-0.15, -0.1) is 11.3 Å². The van der Waals surface area contributed by atoms with Crippen LogP contribution in [0.25, 0.3) is 0 Å². The van der Waals surface area contributed by atoms with Gasteiger partial charge < -0.3 is 15.3 Å². The molecule has 0 amide bonds. The van der Waals surface area contributed by atoms with Gasteiger partial charge >= 0.3 is 0 Å². The van der Waals surface area contributed by atoms with Crippen LogP contribution in [-0.2, 0) is 6.42 Å². The van der Waals surface area contributed by atoms with Crippen molar-refractivity contribution in [3.8, 4) is 0 Å². The molecule has 190 valence electrons. The zero-order chi connectivity index (χ0) is 25.6. The van der Waals surface area contributed by atoms with E-state index in [0.29, 0.717) is 5.84 Å². The first-order valence-corrected chi connectivity index (χ1v) is 13.1. The zero-order valence-corrected chi connectivity index (χ0v) is 22.1. The van der Waals surface area contributed by atoms with Crippen molar-refractivity contribution >= 4 is 17.2 Å². The topological polar surface area (TPSA) is 72.2 Å². The summed E-state index contributed by atoms with van der Waals surface area (Å²) in [6, 6.07) is 10.6. The fourth-order valence-corrected chi connectivity index (χ4v) is 5.08. The Bertz CT molecular complexity index is 1000. The van der Waals surface area contributed by atoms with Gasteiger partial charge in [-0.05, 0) is 56.9 Å². The van der Waals surface area contributed by atoms with Crippen molar-refractivity contribution in [2.75, 3.05) is 26.7 Å². The van der Waals surface area contributed by atoms with Gasteiger partial charge in [-0.3, -0.25) is 5.41 Å². The average Bonchev–Trinajstić information content (AvgIpc) is 3.10. The summed E-state index contributed by atoms with van der Waals surface area (Å²) in [6.07, 6.45) is 11.5. The van der Waals surface area contributed by atoms with Crippen LogP contribution in [0.2, 0.25) is 0 Å². The molecule has 1 aliphatic carbocycles. The van der Waals surface area contributed by atoms with E-state index >= 15 is 0 Å². The van der Waals surface area contributed by atoms with Gasteiger partial charge in [-0.25, -0.2) is 9.37 Å². The Labute approximate surface area is 213 Å². The van der Waals surface area contributed by atoms with Crippen molar-refractivity contribution in [3.63, 3.8) is 0 Å². The Morgan fingerprint density at radius 2 is 1.97 bits per heavy atom. The van der Waals surface area contributed by atoms with Crippen molar-refractivity contribution in [1.82, 2.24) is 15.2 Å². The Morgan fingerprint density at radius 3 is 2.66 bits per heavy atom. The number of nitrogens with one attached hydrogen (secondary N) is 2. The van der Waals surface area contributed by atoms with Gasteiger partial charge in [0.25, 0.3) is 0 Å². The summed E-state index contributed by atoms with van der Waals surface area (Å²) >= 11 is 1.68. The molecule has 3 rings (SSSR count). The summed E-state index contributed by atoms with van der Waals surface area (Å²) in [5.74, 6) is 0.521. The molecular formula is C28H39FN4OS. The number of aliphatic hydroxyl groups excluding tert-OH is 1. The molecule has 0 spiro atoms. The number of nitrogens with zero attached hydrogens (tertiary/aromatic N) is 2. The van der Waals surface area contributed by atoms with Gasteiger partial charge in [0.15, 0.2) is 0 Å². The predicted molar refractivity (Wildman–Crippen MR) is 146 cm³/mol. The minimum Gasteiger partial charge on any atom is -0.400 e. The second-order valence-corrected chi connectivity index (χ2v) is 9.63. The number of aryl methyl sites for hydroxylation is 1. The van der Waals surface area contributed by atoms with E-state index in [1.165, 1.54) is 11.6 Å². The maximum absolute atomic E-state index is 13.5. The number of benzene rings is 1. The normalized spacial score (nSPS) is 15.6. The molecule has 1 aromatic heterocycles. The molecule has 5 nitrogen and oxygen atoms in total. The number of hydrogen-bond acceptors (Lipinski definition) is 5. The van der Waals surface area contributed by atoms with Crippen molar-refractivity contribution in [3.05, 3.63) is 87.7 Å². The molecule has 3 N–H and O–H groups in total. The number of aliphatic hydroxyl groups is 1. The molecule has 0 aliphatic heterocycles. The van der Waals surface area contributed by atoms with E-state index in [2.05, 4.69) is 54.4 Å². The quantitative estimate of drug-likeness (QED) is 0.276. The lowest BCUT2D eigenvalue weighted by Crippen LogP contribution is -2.44. The van der Waals surface area contributed by atoms with Crippen LogP contribution in [0, 0.1) is 18.3 Å². The first kappa shape index (κ1) is 28.6. The first-order chi connectivity index (χ1) is 17.0. The van der Waals surface area contributed by atoms with Crippen LogP contribution in [0.4, 0.5) is 4.39 Å². The molecule has 35 heavy (non-hydrogen) atoms. The van der Waals surface area contributed by atoms with Crippen LogP contribution in [0.15, 0.2) is 66.5 Å². The highest BCUT2D eigenvalue weighted by molar-refractivity contribution is 7.11. The molecule has 0 saturated heterocycles. The molecule has 2 atom stereocenters. The number of rotatable bonds is 11. The number of halogens is 1. The van der Waals surface area contributed by atoms with Gasteiger partial charge in [0.05, 0.1) is 5.01 Å². The minimum absolute atomic E-state index is 0.201. The largest absolute Gasteiger partial charge is 0.400 e. The standard InChI is InChI=1S/C27H35FN4S.CH4O/c1-4-30-24(17-15-21-12-9-13-23(28)16-14-21)19-32(5-2)27(29)26-25(33-20(3)31-26)18-22-10-7-6-8-11-22;1-2/h6-14,16,21,24,29-30H,4-5,15,17-19H2,1-3H3;2H,1H3/t21?,24-;/m0./s1. The fourth-order valence-electron chi connectivity index (χ4n) is 4.11. The van der Waals surface area contributed by atoms with Gasteiger partial charge in [-0.1, -0.05) is 55.5 Å². The lowest BCUT2D eigenvalue weighted by molar-refractivity contribution is 0.341. The van der Waals surface area contributed by atoms with E-state index in [1.807, 2.05) is 19.1 Å². The number of likely N-dealkylation sites (N-methyl/N-ethyl adjacent to an activating group) is 2. The molecule has 0 radical (unpaired) electrons. The van der Waals surface area contributed by atoms with Gasteiger partial charge in [0.1, 0.15) is 17.4 Å². The average molecular weight is 499 g/mol. The van der Waals surface area contributed by atoms with Crippen LogP contribution in [0.5, 0.6) is 0 Å². The Morgan fingerprint density at radius 1 is 1.23 bits per heavy atom. The summed E-state index contributed by atoms with van der Waals surface area (Å²) in [7, 11) is 1.00. The van der Waals surface area contributed by atoms with Crippen LogP contribution in [-0.4, -0.2) is 53.6 Å². The van der Waals surface area contributed by atoms with Crippen LogP contribution in [0.3, 0.4) is 0 Å². The summed E-state index contributed by atoms with van der Waals surface area (Å²) < 4.78 is 13.5. The molecule has 1 heterocycles. The summed E-state index contributed by atoms with van der Waals surface area (Å²) in [4.78, 5) is 8.00. The van der Waals surface area contributed by atoms with Crippen LogP contribution < -0.4 is 5.32 Å². The monoisotopic (exact) mass is 498 g/mol. The maximum Gasteiger partial charge on any atom is 0.148 e. The number of amidine groups is 1. The molecule has 1 unspecified atom stereocenters. The number of thiazole rings is 1. The third kappa shape index (κ3) is 9.17. The molecule has 0 bridgehead atoms. The molecule has 0 fully saturated rings. The number of aromatic nitrogens is 1. The van der Waals surface area contributed by atoms with E-state index in [9.17, 15) is 4.39 Å². The molecular weight excluding hydrogens is 459 g/mol. The highest BCUT2D eigenvalue weighted by Crippen LogP contribution is 2.24. The molecule has 1 aromatic carbocycles. The Hall–Kier alpha value is -2.61. The fraction of sp³-hybridized carbons (Fsp3) is 0.429. The lowest BCUT2D eigenvalue weighted by atomic mass is 9.98. The third-order valence-electron chi connectivity index (χ3n) is 5.83. The van der Waals surface area contributed by atoms with Crippen molar-refractivity contribution < 1.29 is 9.50 Å². The second-order valence-electron chi connectivity index (χ2n) is 8.35. The van der Waals surface area contributed by atoms with Gasteiger partial charge in [-0.2, -0.15) is 0 Å². The molecule has 7 heteroatoms. The number of hydrogen-bond donors (Lipinski definition) is 3. The predicted octanol–water partition coefficient (Wildman–Crippen LogP) is 5.65. The molecule has 0 saturated carbocycles. The van der Waals surface area contributed by atoms with Crippen LogP contribution in [0.1, 0.15) is 47.8 Å². The van der Waals surface area contributed by atoms with E-state index in [-0.39, 0.29) is 17.8 Å². The molecule has 1 aliphatic rings. The molecule has 2 aromatic rings. The maximum atomic E-state index is 13.5. The number of allylic oxidation sites excluding steroid dienone is 6. The van der Waals surface area contributed by atoms with Gasteiger partial charge in [0.2, 0.25) is 0 Å². The lowest BCUT2D eigenvalue weighted by Gasteiger charge is -2.29. The van der Waals surface area contributed by atoms with E-state index in [1.54, 1.807) is 23.5 Å². The summed E-state index contributed by atoms with van der Waals surface area (Å²) in [5, 5.41) is 20.6. The van der Waals surface area contributed by atoms with Gasteiger partial charge in [0, 0.05) is 37.5 Å². The Balaban J connectivity index is 0.00000210. The first-order valence-electron chi connectivity index (χ1n) is 12.2. The van der Waals surface area contributed by atoms with Crippen molar-refractivity contribution in [2.24, 2.45) is 5.92 Å². The third-order valence-corrected chi connectivity index (χ3v) is 6.80. The summed E-state index contributed by atoms with van der Waals surface area (Å²) in [6.45, 7) is 8.59.